The first kappa shape index (κ1) is 15.6. The fourth-order valence-electron chi connectivity index (χ4n) is 3.55. The fourth-order valence-corrected chi connectivity index (χ4v) is 3.96. The summed E-state index contributed by atoms with van der Waals surface area (Å²) in [5.41, 5.74) is 5.33. The van der Waals surface area contributed by atoms with Crippen LogP contribution in [-0.4, -0.2) is 17.7 Å². The summed E-state index contributed by atoms with van der Waals surface area (Å²) in [6.07, 6.45) is 2.48. The van der Waals surface area contributed by atoms with Crippen molar-refractivity contribution in [1.29, 1.82) is 0 Å². The first-order valence-corrected chi connectivity index (χ1v) is 8.30. The summed E-state index contributed by atoms with van der Waals surface area (Å²) in [4.78, 5) is 14.8. The molecule has 3 rings (SSSR count). The zero-order valence-electron chi connectivity index (χ0n) is 13.0. The van der Waals surface area contributed by atoms with Crippen molar-refractivity contribution in [2.24, 2.45) is 0 Å². The van der Waals surface area contributed by atoms with E-state index in [2.05, 4.69) is 18.7 Å². The predicted octanol–water partition coefficient (Wildman–Crippen LogP) is 5.32. The normalized spacial score (nSPS) is 22.3. The van der Waals surface area contributed by atoms with Gasteiger partial charge in [0.05, 0.1) is 10.0 Å². The molecule has 0 bridgehead atoms. The van der Waals surface area contributed by atoms with Gasteiger partial charge in [0.25, 0.3) is 0 Å². The average molecular weight is 336 g/mol. The maximum atomic E-state index is 12.6. The van der Waals surface area contributed by atoms with Gasteiger partial charge in [-0.15, -0.1) is 0 Å². The Morgan fingerprint density at radius 1 is 1.18 bits per heavy atom. The fraction of sp³-hybridized carbons (Fsp3) is 0.389. The van der Waals surface area contributed by atoms with Crippen LogP contribution in [-0.2, 0) is 4.79 Å². The van der Waals surface area contributed by atoms with E-state index in [1.807, 2.05) is 19.2 Å². The zero-order chi connectivity index (χ0) is 16.0. The van der Waals surface area contributed by atoms with Crippen LogP contribution in [0.4, 0.5) is 0 Å². The van der Waals surface area contributed by atoms with Gasteiger partial charge < -0.3 is 4.90 Å². The minimum absolute atomic E-state index is 0.0785. The molecule has 1 aliphatic carbocycles. The van der Waals surface area contributed by atoms with Gasteiger partial charge in [-0.25, -0.2) is 0 Å². The number of allylic oxidation sites excluding steroid dienone is 4. The second-order valence-corrected chi connectivity index (χ2v) is 6.83. The van der Waals surface area contributed by atoms with Crippen LogP contribution in [0.15, 0.2) is 40.7 Å². The highest BCUT2D eigenvalue weighted by atomic mass is 35.5. The Morgan fingerprint density at radius 3 is 2.64 bits per heavy atom. The topological polar surface area (TPSA) is 20.3 Å². The molecule has 2 aliphatic rings. The summed E-state index contributed by atoms with van der Waals surface area (Å²) in [7, 11) is 2.04. The Bertz CT molecular complexity index is 718. The van der Waals surface area contributed by atoms with Gasteiger partial charge in [-0.1, -0.05) is 35.3 Å². The second kappa shape index (κ2) is 5.75. The number of rotatable bonds is 1. The summed E-state index contributed by atoms with van der Waals surface area (Å²) >= 11 is 12.7. The molecule has 2 nitrogen and oxygen atoms in total. The molecule has 1 heterocycles. The minimum atomic E-state index is -0.0785. The average Bonchev–Trinajstić information content (AvgIpc) is 2.50. The molecule has 0 radical (unpaired) electrons. The summed E-state index contributed by atoms with van der Waals surface area (Å²) < 4.78 is 0. The van der Waals surface area contributed by atoms with Crippen LogP contribution in [0, 0.1) is 0 Å². The number of benzene rings is 1. The van der Waals surface area contributed by atoms with E-state index in [0.717, 1.165) is 29.7 Å². The summed E-state index contributed by atoms with van der Waals surface area (Å²) in [6, 6.07) is 5.66. The SMILES string of the molecule is CC1=C(C)N(C)C2=C(C(=O)CCC2)C1c1cccc(Cl)c1Cl. The van der Waals surface area contributed by atoms with Gasteiger partial charge in [-0.05, 0) is 43.9 Å². The number of ketones is 1. The van der Waals surface area contributed by atoms with Crippen molar-refractivity contribution in [3.63, 3.8) is 0 Å². The van der Waals surface area contributed by atoms with Crippen molar-refractivity contribution in [2.45, 2.75) is 39.0 Å². The van der Waals surface area contributed by atoms with Crippen LogP contribution in [0.3, 0.4) is 0 Å². The number of nitrogens with zero attached hydrogens (tertiary/aromatic N) is 1. The molecule has 1 atom stereocenters. The van der Waals surface area contributed by atoms with E-state index in [4.69, 9.17) is 23.2 Å². The third-order valence-electron chi connectivity index (χ3n) is 4.92. The number of hydrogen-bond acceptors (Lipinski definition) is 2. The summed E-state index contributed by atoms with van der Waals surface area (Å²) in [5, 5.41) is 1.09. The van der Waals surface area contributed by atoms with Gasteiger partial charge in [0, 0.05) is 36.4 Å². The van der Waals surface area contributed by atoms with E-state index < -0.39 is 0 Å². The van der Waals surface area contributed by atoms with Gasteiger partial charge in [0.1, 0.15) is 0 Å². The van der Waals surface area contributed by atoms with E-state index in [0.29, 0.717) is 16.5 Å². The third-order valence-corrected chi connectivity index (χ3v) is 5.76. The highest BCUT2D eigenvalue weighted by Crippen LogP contribution is 2.47. The highest BCUT2D eigenvalue weighted by Gasteiger charge is 2.37. The van der Waals surface area contributed by atoms with Gasteiger partial charge >= 0.3 is 0 Å². The predicted molar refractivity (Wildman–Crippen MR) is 91.2 cm³/mol. The molecule has 1 unspecified atom stereocenters. The number of halogens is 2. The van der Waals surface area contributed by atoms with E-state index in [-0.39, 0.29) is 11.7 Å². The van der Waals surface area contributed by atoms with Crippen LogP contribution < -0.4 is 0 Å². The Morgan fingerprint density at radius 2 is 1.91 bits per heavy atom. The van der Waals surface area contributed by atoms with Crippen molar-refractivity contribution < 1.29 is 4.79 Å². The second-order valence-electron chi connectivity index (χ2n) is 6.04. The third kappa shape index (κ3) is 2.29. The molecular formula is C18H19Cl2NO. The van der Waals surface area contributed by atoms with Crippen molar-refractivity contribution in [2.75, 3.05) is 7.05 Å². The lowest BCUT2D eigenvalue weighted by molar-refractivity contribution is -0.116. The standard InChI is InChI=1S/C18H19Cl2NO/c1-10-11(2)21(3)14-8-5-9-15(22)17(14)16(10)12-6-4-7-13(19)18(12)20/h4,6-7,16H,5,8-9H2,1-3H3. The van der Waals surface area contributed by atoms with Gasteiger partial charge in [0.15, 0.2) is 5.78 Å². The first-order valence-electron chi connectivity index (χ1n) is 7.54. The molecule has 0 N–H and O–H groups in total. The Hall–Kier alpha value is -1.25. The van der Waals surface area contributed by atoms with Crippen molar-refractivity contribution in [3.05, 3.63) is 56.3 Å². The van der Waals surface area contributed by atoms with E-state index in [9.17, 15) is 4.79 Å². The number of carbonyl (C=O) groups excluding carboxylic acids is 1. The van der Waals surface area contributed by atoms with Crippen LogP contribution in [0.1, 0.15) is 44.6 Å². The van der Waals surface area contributed by atoms with E-state index in [1.54, 1.807) is 6.07 Å². The number of hydrogen-bond donors (Lipinski definition) is 0. The molecule has 0 aromatic heterocycles. The molecule has 4 heteroatoms. The van der Waals surface area contributed by atoms with E-state index >= 15 is 0 Å². The molecule has 0 saturated heterocycles. The van der Waals surface area contributed by atoms with Crippen LogP contribution in [0.5, 0.6) is 0 Å². The molecule has 116 valence electrons. The van der Waals surface area contributed by atoms with Crippen molar-refractivity contribution >= 4 is 29.0 Å². The lowest BCUT2D eigenvalue weighted by Crippen LogP contribution is -2.32. The molecule has 0 fully saturated rings. The lowest BCUT2D eigenvalue weighted by Gasteiger charge is -2.39. The molecular weight excluding hydrogens is 317 g/mol. The monoisotopic (exact) mass is 335 g/mol. The lowest BCUT2D eigenvalue weighted by atomic mass is 9.75. The summed E-state index contributed by atoms with van der Waals surface area (Å²) in [6.45, 7) is 4.18. The maximum absolute atomic E-state index is 12.6. The Labute approximate surface area is 141 Å². The van der Waals surface area contributed by atoms with Crippen LogP contribution >= 0.6 is 23.2 Å². The van der Waals surface area contributed by atoms with Crippen LogP contribution in [0.2, 0.25) is 10.0 Å². The molecule has 0 spiro atoms. The van der Waals surface area contributed by atoms with Crippen LogP contribution in [0.25, 0.3) is 0 Å². The Balaban J connectivity index is 2.25. The molecule has 1 aromatic carbocycles. The van der Waals surface area contributed by atoms with Gasteiger partial charge in [0.2, 0.25) is 0 Å². The minimum Gasteiger partial charge on any atom is -0.351 e. The van der Waals surface area contributed by atoms with Gasteiger partial charge in [-0.3, -0.25) is 4.79 Å². The molecule has 22 heavy (non-hydrogen) atoms. The largest absolute Gasteiger partial charge is 0.351 e. The number of Topliss-reactive ketones (excluding diaryl/α,β-unsaturated/α-hetero) is 1. The van der Waals surface area contributed by atoms with Crippen molar-refractivity contribution in [1.82, 2.24) is 4.90 Å². The maximum Gasteiger partial charge on any atom is 0.161 e. The molecule has 0 amide bonds. The molecule has 1 aliphatic heterocycles. The zero-order valence-corrected chi connectivity index (χ0v) is 14.6. The van der Waals surface area contributed by atoms with E-state index in [1.165, 1.54) is 11.3 Å². The smallest absolute Gasteiger partial charge is 0.161 e. The highest BCUT2D eigenvalue weighted by molar-refractivity contribution is 6.42. The summed E-state index contributed by atoms with van der Waals surface area (Å²) in [5.74, 6) is 0.159. The first-order chi connectivity index (χ1) is 10.4. The van der Waals surface area contributed by atoms with Crippen molar-refractivity contribution in [3.8, 4) is 0 Å². The number of carbonyl (C=O) groups is 1. The Kier molecular flexibility index (Phi) is 4.09. The molecule has 1 aromatic rings. The molecule has 0 saturated carbocycles. The van der Waals surface area contributed by atoms with Gasteiger partial charge in [-0.2, -0.15) is 0 Å². The quantitative estimate of drug-likeness (QED) is 0.691.